The second-order valence-electron chi connectivity index (χ2n) is 6.53. The Bertz CT molecular complexity index is 875. The van der Waals surface area contributed by atoms with Crippen LogP contribution in [0, 0.1) is 17.8 Å². The fraction of sp³-hybridized carbons (Fsp3) is 0.273. The topological polar surface area (TPSA) is 39.9 Å². The Morgan fingerprint density at radius 2 is 1.65 bits per heavy atom. The van der Waals surface area contributed by atoms with Crippen molar-refractivity contribution >= 4 is 0 Å². The Labute approximate surface area is 154 Å². The molecule has 0 aliphatic carbocycles. The van der Waals surface area contributed by atoms with Gasteiger partial charge in [0.05, 0.1) is 6.54 Å². The molecule has 1 heterocycles. The molecule has 0 N–H and O–H groups in total. The zero-order valence-corrected chi connectivity index (χ0v) is 15.4. The van der Waals surface area contributed by atoms with E-state index < -0.39 is 5.60 Å². The molecule has 0 bridgehead atoms. The summed E-state index contributed by atoms with van der Waals surface area (Å²) in [6.45, 7) is 4.92. The monoisotopic (exact) mass is 345 g/mol. The van der Waals surface area contributed by atoms with Crippen LogP contribution in [0.5, 0.6) is 0 Å². The van der Waals surface area contributed by atoms with Crippen LogP contribution < -0.4 is 0 Å². The van der Waals surface area contributed by atoms with E-state index >= 15 is 0 Å². The van der Waals surface area contributed by atoms with E-state index in [1.165, 1.54) is 0 Å². The van der Waals surface area contributed by atoms with E-state index in [0.717, 1.165) is 16.7 Å². The Balaban J connectivity index is 1.88. The highest BCUT2D eigenvalue weighted by Gasteiger charge is 2.36. The highest BCUT2D eigenvalue weighted by Crippen LogP contribution is 2.35. The molecule has 0 aliphatic rings. The molecule has 0 saturated heterocycles. The first kappa shape index (κ1) is 17.9. The van der Waals surface area contributed by atoms with Crippen molar-refractivity contribution in [3.63, 3.8) is 0 Å². The van der Waals surface area contributed by atoms with Crippen molar-refractivity contribution in [1.82, 2.24) is 14.8 Å². The third-order valence-corrected chi connectivity index (χ3v) is 4.66. The van der Waals surface area contributed by atoms with Crippen molar-refractivity contribution in [2.45, 2.75) is 26.0 Å². The summed E-state index contributed by atoms with van der Waals surface area (Å²) in [7, 11) is 1.75. The molecule has 2 aromatic carbocycles. The van der Waals surface area contributed by atoms with Crippen molar-refractivity contribution in [3.8, 4) is 11.8 Å². The highest BCUT2D eigenvalue weighted by molar-refractivity contribution is 5.44. The maximum absolute atomic E-state index is 6.00. The average molecular weight is 345 g/mol. The van der Waals surface area contributed by atoms with Crippen LogP contribution in [-0.4, -0.2) is 21.9 Å². The summed E-state index contributed by atoms with van der Waals surface area (Å²) in [6, 6.07) is 18.3. The van der Waals surface area contributed by atoms with Gasteiger partial charge in [-0.3, -0.25) is 0 Å². The van der Waals surface area contributed by atoms with Gasteiger partial charge in [0.1, 0.15) is 18.3 Å². The lowest BCUT2D eigenvalue weighted by atomic mass is 9.82. The Kier molecular flexibility index (Phi) is 5.50. The van der Waals surface area contributed by atoms with Crippen LogP contribution >= 0.6 is 0 Å². The van der Waals surface area contributed by atoms with Gasteiger partial charge in [0, 0.05) is 18.2 Å². The standard InChI is InChI=1S/C22H23N3O/c1-18(2)22(26-3,15-25-17-23-16-24-25)21-13-11-20(12-14-21)10-9-19-7-5-4-6-8-19/h4-8,11-14,16-18H,15H2,1-3H3. The first-order valence-electron chi connectivity index (χ1n) is 8.69. The highest BCUT2D eigenvalue weighted by atomic mass is 16.5. The van der Waals surface area contributed by atoms with Crippen LogP contribution in [-0.2, 0) is 16.9 Å². The third kappa shape index (κ3) is 3.84. The molecule has 0 saturated carbocycles. The van der Waals surface area contributed by atoms with Gasteiger partial charge in [-0.1, -0.05) is 56.0 Å². The number of ether oxygens (including phenoxy) is 1. The summed E-state index contributed by atoms with van der Waals surface area (Å²) in [5, 5.41) is 4.24. The van der Waals surface area contributed by atoms with Gasteiger partial charge in [0.2, 0.25) is 0 Å². The number of aromatic nitrogens is 3. The van der Waals surface area contributed by atoms with E-state index in [2.05, 4.69) is 47.9 Å². The molecule has 4 nitrogen and oxygen atoms in total. The van der Waals surface area contributed by atoms with Gasteiger partial charge in [-0.05, 0) is 35.7 Å². The van der Waals surface area contributed by atoms with Crippen molar-refractivity contribution in [2.75, 3.05) is 7.11 Å². The normalized spacial score (nSPS) is 13.1. The van der Waals surface area contributed by atoms with E-state index in [4.69, 9.17) is 4.74 Å². The van der Waals surface area contributed by atoms with Crippen molar-refractivity contribution in [1.29, 1.82) is 0 Å². The van der Waals surface area contributed by atoms with E-state index in [1.54, 1.807) is 19.8 Å². The van der Waals surface area contributed by atoms with Gasteiger partial charge in [0.25, 0.3) is 0 Å². The van der Waals surface area contributed by atoms with E-state index in [0.29, 0.717) is 6.54 Å². The Morgan fingerprint density at radius 3 is 2.19 bits per heavy atom. The number of hydrogen-bond donors (Lipinski definition) is 0. The molecule has 1 aromatic heterocycles. The fourth-order valence-electron chi connectivity index (χ4n) is 3.08. The smallest absolute Gasteiger partial charge is 0.137 e. The minimum atomic E-state index is -0.473. The molecule has 1 unspecified atom stereocenters. The van der Waals surface area contributed by atoms with E-state index in [9.17, 15) is 0 Å². The quantitative estimate of drug-likeness (QED) is 0.659. The lowest BCUT2D eigenvalue weighted by Gasteiger charge is -2.36. The van der Waals surface area contributed by atoms with Gasteiger partial charge in [-0.2, -0.15) is 5.10 Å². The molecule has 3 aromatic rings. The second-order valence-corrected chi connectivity index (χ2v) is 6.53. The lowest BCUT2D eigenvalue weighted by molar-refractivity contribution is -0.0695. The van der Waals surface area contributed by atoms with Crippen LogP contribution in [0.1, 0.15) is 30.5 Å². The molecular formula is C22H23N3O. The fourth-order valence-corrected chi connectivity index (χ4v) is 3.08. The number of rotatable bonds is 5. The molecule has 0 spiro atoms. The molecule has 4 heteroatoms. The predicted molar refractivity (Wildman–Crippen MR) is 102 cm³/mol. The molecule has 3 rings (SSSR count). The predicted octanol–water partition coefficient (Wildman–Crippen LogP) is 3.88. The molecular weight excluding hydrogens is 322 g/mol. The number of benzene rings is 2. The molecule has 0 fully saturated rings. The molecule has 1 atom stereocenters. The minimum Gasteiger partial charge on any atom is -0.371 e. The van der Waals surface area contributed by atoms with Gasteiger partial charge in [0.15, 0.2) is 0 Å². The maximum atomic E-state index is 6.00. The number of hydrogen-bond acceptors (Lipinski definition) is 3. The largest absolute Gasteiger partial charge is 0.371 e. The van der Waals surface area contributed by atoms with Crippen molar-refractivity contribution in [2.24, 2.45) is 5.92 Å². The lowest BCUT2D eigenvalue weighted by Crippen LogP contribution is -2.39. The van der Waals surface area contributed by atoms with Crippen molar-refractivity contribution < 1.29 is 4.74 Å². The molecule has 0 amide bonds. The summed E-state index contributed by atoms with van der Waals surface area (Å²) >= 11 is 0. The molecule has 26 heavy (non-hydrogen) atoms. The second kappa shape index (κ2) is 7.99. The summed E-state index contributed by atoms with van der Waals surface area (Å²) in [6.07, 6.45) is 3.26. The van der Waals surface area contributed by atoms with E-state index in [1.807, 2.05) is 47.1 Å². The van der Waals surface area contributed by atoms with Gasteiger partial charge < -0.3 is 4.74 Å². The third-order valence-electron chi connectivity index (χ3n) is 4.66. The molecule has 0 radical (unpaired) electrons. The number of nitrogens with zero attached hydrogens (tertiary/aromatic N) is 3. The summed E-state index contributed by atoms with van der Waals surface area (Å²) < 4.78 is 7.82. The van der Waals surface area contributed by atoms with Crippen LogP contribution in [0.25, 0.3) is 0 Å². The Hall–Kier alpha value is -2.90. The Morgan fingerprint density at radius 1 is 1.00 bits per heavy atom. The average Bonchev–Trinajstić information content (AvgIpc) is 3.18. The van der Waals surface area contributed by atoms with Crippen LogP contribution in [0.2, 0.25) is 0 Å². The zero-order chi connectivity index (χ0) is 18.4. The van der Waals surface area contributed by atoms with Crippen LogP contribution in [0.3, 0.4) is 0 Å². The first-order chi connectivity index (χ1) is 12.6. The van der Waals surface area contributed by atoms with Gasteiger partial charge >= 0.3 is 0 Å². The van der Waals surface area contributed by atoms with E-state index in [-0.39, 0.29) is 5.92 Å². The maximum Gasteiger partial charge on any atom is 0.137 e. The first-order valence-corrected chi connectivity index (χ1v) is 8.69. The zero-order valence-electron chi connectivity index (χ0n) is 15.4. The van der Waals surface area contributed by atoms with Gasteiger partial charge in [-0.25, -0.2) is 9.67 Å². The summed E-state index contributed by atoms with van der Waals surface area (Å²) in [4.78, 5) is 4.04. The molecule has 132 valence electrons. The SMILES string of the molecule is COC(Cn1cncn1)(c1ccc(C#Cc2ccccc2)cc1)C(C)C. The summed E-state index contributed by atoms with van der Waals surface area (Å²) in [5.41, 5.74) is 2.62. The molecule has 0 aliphatic heterocycles. The summed E-state index contributed by atoms with van der Waals surface area (Å²) in [5.74, 6) is 6.66. The van der Waals surface area contributed by atoms with Gasteiger partial charge in [-0.15, -0.1) is 0 Å². The van der Waals surface area contributed by atoms with Crippen LogP contribution in [0.4, 0.5) is 0 Å². The van der Waals surface area contributed by atoms with Crippen LogP contribution in [0.15, 0.2) is 67.3 Å². The number of methoxy groups -OCH3 is 1. The van der Waals surface area contributed by atoms with Crippen molar-refractivity contribution in [3.05, 3.63) is 83.9 Å². The minimum absolute atomic E-state index is 0.262.